The van der Waals surface area contributed by atoms with E-state index in [0.717, 1.165) is 15.9 Å². The summed E-state index contributed by atoms with van der Waals surface area (Å²) >= 11 is 0. The predicted molar refractivity (Wildman–Crippen MR) is 98.1 cm³/mol. The highest BCUT2D eigenvalue weighted by Gasteiger charge is 2.22. The number of aromatic nitrogens is 2. The maximum Gasteiger partial charge on any atom is 0.250 e. The fraction of sp³-hybridized carbons (Fsp3) is 0.0476. The summed E-state index contributed by atoms with van der Waals surface area (Å²) in [7, 11) is 1.60. The molecule has 4 heteroatoms. The zero-order valence-electron chi connectivity index (χ0n) is 13.7. The lowest BCUT2D eigenvalue weighted by Crippen LogP contribution is -2.31. The second-order valence-corrected chi connectivity index (χ2v) is 5.69. The van der Waals surface area contributed by atoms with Crippen LogP contribution < -0.4 is 9.47 Å². The molecule has 4 rings (SSSR count). The molecule has 1 heterocycles. The van der Waals surface area contributed by atoms with E-state index in [0.29, 0.717) is 28.2 Å². The van der Waals surface area contributed by atoms with Gasteiger partial charge in [0, 0.05) is 23.3 Å². The third-order valence-electron chi connectivity index (χ3n) is 4.16. The number of ether oxygens (including phenoxy) is 1. The maximum absolute atomic E-state index is 13.2. The minimum Gasteiger partial charge on any atom is -0.618 e. The van der Waals surface area contributed by atoms with Crippen molar-refractivity contribution < 1.29 is 9.47 Å². The first-order chi connectivity index (χ1) is 12.3. The predicted octanol–water partition coefficient (Wildman–Crippen LogP) is 4.21. The lowest BCUT2D eigenvalue weighted by molar-refractivity contribution is -0.564. The second kappa shape index (κ2) is 6.24. The van der Waals surface area contributed by atoms with E-state index in [1.54, 1.807) is 25.3 Å². The van der Waals surface area contributed by atoms with Crippen LogP contribution in [0.25, 0.3) is 33.5 Å². The Morgan fingerprint density at radius 1 is 0.840 bits per heavy atom. The van der Waals surface area contributed by atoms with E-state index < -0.39 is 0 Å². The third kappa shape index (κ3) is 2.68. The SMILES string of the molecule is COc1ccc2c(c1)nc(-c1ccccc1)c(-c1ccccc1)[n+]2[O-]. The summed E-state index contributed by atoms with van der Waals surface area (Å²) in [5.74, 6) is 0.673. The quantitative estimate of drug-likeness (QED) is 0.418. The van der Waals surface area contributed by atoms with Gasteiger partial charge in [-0.15, -0.1) is 0 Å². The van der Waals surface area contributed by atoms with E-state index >= 15 is 0 Å². The van der Waals surface area contributed by atoms with Gasteiger partial charge in [-0.25, -0.2) is 4.98 Å². The molecular formula is C21H16N2O2. The summed E-state index contributed by atoms with van der Waals surface area (Å²) in [6.45, 7) is 0. The monoisotopic (exact) mass is 328 g/mol. The molecule has 0 fully saturated rings. The van der Waals surface area contributed by atoms with Crippen LogP contribution in [-0.2, 0) is 0 Å². The van der Waals surface area contributed by atoms with Crippen molar-refractivity contribution in [1.29, 1.82) is 0 Å². The van der Waals surface area contributed by atoms with Crippen LogP contribution in [0.4, 0.5) is 0 Å². The van der Waals surface area contributed by atoms with E-state index in [4.69, 9.17) is 9.72 Å². The molecule has 0 aliphatic carbocycles. The average Bonchev–Trinajstić information content (AvgIpc) is 2.68. The summed E-state index contributed by atoms with van der Waals surface area (Å²) in [5, 5.41) is 13.2. The highest BCUT2D eigenvalue weighted by Crippen LogP contribution is 2.30. The van der Waals surface area contributed by atoms with E-state index in [9.17, 15) is 5.21 Å². The molecule has 122 valence electrons. The lowest BCUT2D eigenvalue weighted by Gasteiger charge is -2.13. The van der Waals surface area contributed by atoms with Gasteiger partial charge in [0.25, 0.3) is 5.69 Å². The molecule has 0 bridgehead atoms. The Bertz CT molecular complexity index is 1030. The molecule has 0 saturated carbocycles. The van der Waals surface area contributed by atoms with Crippen molar-refractivity contribution in [2.75, 3.05) is 7.11 Å². The standard InChI is InChI=1S/C21H16N2O2/c1-25-17-12-13-19-18(14-17)22-20(15-8-4-2-5-9-15)21(23(19)24)16-10-6-3-7-11-16/h2-14H,1H3. The van der Waals surface area contributed by atoms with Crippen LogP contribution in [-0.4, -0.2) is 12.1 Å². The van der Waals surface area contributed by atoms with Crippen molar-refractivity contribution >= 4 is 11.0 Å². The molecule has 0 atom stereocenters. The molecule has 0 aliphatic rings. The summed E-state index contributed by atoms with van der Waals surface area (Å²) in [5.41, 5.74) is 4.05. The van der Waals surface area contributed by atoms with Crippen LogP contribution in [0.15, 0.2) is 78.9 Å². The molecule has 25 heavy (non-hydrogen) atoms. The van der Waals surface area contributed by atoms with Gasteiger partial charge in [0.05, 0.1) is 7.11 Å². The van der Waals surface area contributed by atoms with Crippen LogP contribution in [0.3, 0.4) is 0 Å². The van der Waals surface area contributed by atoms with E-state index in [1.165, 1.54) is 0 Å². The van der Waals surface area contributed by atoms with Gasteiger partial charge in [-0.3, -0.25) is 0 Å². The summed E-state index contributed by atoms with van der Waals surface area (Å²) in [4.78, 5) is 4.79. The first-order valence-corrected chi connectivity index (χ1v) is 8.00. The van der Waals surface area contributed by atoms with Crippen LogP contribution in [0.2, 0.25) is 0 Å². The van der Waals surface area contributed by atoms with Crippen LogP contribution in [0, 0.1) is 5.21 Å². The Balaban J connectivity index is 2.09. The topological polar surface area (TPSA) is 49.1 Å². The van der Waals surface area contributed by atoms with Crippen molar-refractivity contribution in [2.45, 2.75) is 0 Å². The first-order valence-electron chi connectivity index (χ1n) is 8.00. The Morgan fingerprint density at radius 2 is 1.48 bits per heavy atom. The number of hydrogen-bond donors (Lipinski definition) is 0. The lowest BCUT2D eigenvalue weighted by atomic mass is 10.0. The first kappa shape index (κ1) is 15.1. The highest BCUT2D eigenvalue weighted by molar-refractivity contribution is 5.83. The van der Waals surface area contributed by atoms with Crippen molar-refractivity contribution in [3.8, 4) is 28.3 Å². The number of nitrogens with zero attached hydrogens (tertiary/aromatic N) is 2. The number of hydrogen-bond acceptors (Lipinski definition) is 3. The molecule has 4 aromatic rings. The minimum atomic E-state index is 0.513. The molecular weight excluding hydrogens is 312 g/mol. The Kier molecular flexibility index (Phi) is 3.78. The van der Waals surface area contributed by atoms with Gasteiger partial charge in [-0.1, -0.05) is 48.5 Å². The number of methoxy groups -OCH3 is 1. The normalized spacial score (nSPS) is 10.8. The van der Waals surface area contributed by atoms with E-state index in [2.05, 4.69) is 0 Å². The Morgan fingerprint density at radius 3 is 2.12 bits per heavy atom. The summed E-state index contributed by atoms with van der Waals surface area (Å²) in [6.07, 6.45) is 0. The fourth-order valence-electron chi connectivity index (χ4n) is 2.93. The fourth-order valence-corrected chi connectivity index (χ4v) is 2.93. The van der Waals surface area contributed by atoms with Crippen molar-refractivity contribution in [1.82, 2.24) is 4.98 Å². The van der Waals surface area contributed by atoms with Gasteiger partial charge < -0.3 is 9.94 Å². The minimum absolute atomic E-state index is 0.513. The zero-order chi connectivity index (χ0) is 17.2. The molecule has 1 aromatic heterocycles. The Labute approximate surface area is 145 Å². The van der Waals surface area contributed by atoms with E-state index in [1.807, 2.05) is 60.7 Å². The smallest absolute Gasteiger partial charge is 0.250 e. The molecule has 0 saturated heterocycles. The number of rotatable bonds is 3. The Hall–Kier alpha value is -3.40. The molecule has 0 radical (unpaired) electrons. The van der Waals surface area contributed by atoms with Gasteiger partial charge in [0.15, 0.2) is 0 Å². The molecule has 0 aliphatic heterocycles. The molecule has 0 spiro atoms. The van der Waals surface area contributed by atoms with Crippen molar-refractivity contribution in [3.05, 3.63) is 84.1 Å². The zero-order valence-corrected chi connectivity index (χ0v) is 13.7. The molecule has 0 unspecified atom stereocenters. The number of fused-ring (bicyclic) bond motifs is 1. The van der Waals surface area contributed by atoms with Crippen LogP contribution in [0.1, 0.15) is 0 Å². The molecule has 3 aromatic carbocycles. The van der Waals surface area contributed by atoms with Gasteiger partial charge in [0.1, 0.15) is 17.0 Å². The van der Waals surface area contributed by atoms with Gasteiger partial charge in [-0.05, 0) is 18.2 Å². The van der Waals surface area contributed by atoms with Gasteiger partial charge in [0.2, 0.25) is 5.52 Å². The van der Waals surface area contributed by atoms with Gasteiger partial charge in [-0.2, -0.15) is 4.73 Å². The summed E-state index contributed by atoms with van der Waals surface area (Å²) < 4.78 is 6.23. The van der Waals surface area contributed by atoms with Crippen molar-refractivity contribution in [3.63, 3.8) is 0 Å². The highest BCUT2D eigenvalue weighted by atomic mass is 16.5. The van der Waals surface area contributed by atoms with Crippen molar-refractivity contribution in [2.24, 2.45) is 0 Å². The molecule has 0 amide bonds. The third-order valence-corrected chi connectivity index (χ3v) is 4.16. The second-order valence-electron chi connectivity index (χ2n) is 5.69. The molecule has 4 nitrogen and oxygen atoms in total. The number of benzene rings is 3. The largest absolute Gasteiger partial charge is 0.618 e. The average molecular weight is 328 g/mol. The van der Waals surface area contributed by atoms with Gasteiger partial charge >= 0.3 is 0 Å². The van der Waals surface area contributed by atoms with Crippen LogP contribution >= 0.6 is 0 Å². The maximum atomic E-state index is 13.2. The van der Waals surface area contributed by atoms with Crippen LogP contribution in [0.5, 0.6) is 5.75 Å². The summed E-state index contributed by atoms with van der Waals surface area (Å²) in [6, 6.07) is 24.7. The molecule has 0 N–H and O–H groups in total. The van der Waals surface area contributed by atoms with E-state index in [-0.39, 0.29) is 0 Å².